The van der Waals surface area contributed by atoms with Crippen molar-refractivity contribution in [3.63, 3.8) is 0 Å². The van der Waals surface area contributed by atoms with Crippen molar-refractivity contribution in [2.24, 2.45) is 0 Å². The molecule has 0 aliphatic carbocycles. The lowest BCUT2D eigenvalue weighted by atomic mass is 10.1. The molecule has 0 saturated carbocycles. The van der Waals surface area contributed by atoms with Gasteiger partial charge >= 0.3 is 5.97 Å². The van der Waals surface area contributed by atoms with E-state index in [2.05, 4.69) is 9.97 Å². The summed E-state index contributed by atoms with van der Waals surface area (Å²) in [6.07, 6.45) is 0. The number of aromatic amines is 1. The van der Waals surface area contributed by atoms with Crippen LogP contribution < -0.4 is 4.74 Å². The van der Waals surface area contributed by atoms with Gasteiger partial charge in [-0.3, -0.25) is 0 Å². The van der Waals surface area contributed by atoms with Crippen molar-refractivity contribution in [1.82, 2.24) is 9.97 Å². The average molecular weight is 351 g/mol. The lowest BCUT2D eigenvalue weighted by Gasteiger charge is -2.04. The second-order valence-corrected chi connectivity index (χ2v) is 5.58. The zero-order valence-electron chi connectivity index (χ0n) is 12.3. The molecule has 0 fully saturated rings. The zero-order chi connectivity index (χ0) is 16.6. The lowest BCUT2D eigenvalue weighted by Crippen LogP contribution is -2.02. The first-order chi connectivity index (χ1) is 11.0. The maximum Gasteiger partial charge on any atom is 0.340 e. The number of carbonyl (C=O) groups excluding carboxylic acids is 1. The Morgan fingerprint density at radius 2 is 1.96 bits per heavy atom. The van der Waals surface area contributed by atoms with E-state index in [0.717, 1.165) is 0 Å². The van der Waals surface area contributed by atoms with Gasteiger partial charge in [0.1, 0.15) is 22.6 Å². The van der Waals surface area contributed by atoms with E-state index in [-0.39, 0.29) is 0 Å². The molecule has 23 heavy (non-hydrogen) atoms. The number of nitrogens with one attached hydrogen (secondary N) is 1. The summed E-state index contributed by atoms with van der Waals surface area (Å²) in [6.45, 7) is 0. The smallest absolute Gasteiger partial charge is 0.340 e. The lowest BCUT2D eigenvalue weighted by molar-refractivity contribution is 0.0603. The molecule has 3 rings (SSSR count). The maximum atomic E-state index is 11.9. The highest BCUT2D eigenvalue weighted by Gasteiger charge is 2.19. The largest absolute Gasteiger partial charge is 0.494 e. The van der Waals surface area contributed by atoms with E-state index >= 15 is 0 Å². The van der Waals surface area contributed by atoms with Gasteiger partial charge in [-0.05, 0) is 30.3 Å². The SMILES string of the molecule is COC(=O)c1ccc(OC)c2[nH]c(-c3ccc(Cl)cc3Cl)nc12. The van der Waals surface area contributed by atoms with Gasteiger partial charge in [0.2, 0.25) is 0 Å². The van der Waals surface area contributed by atoms with Crippen LogP contribution in [-0.4, -0.2) is 30.2 Å². The van der Waals surface area contributed by atoms with Crippen molar-refractivity contribution >= 4 is 40.2 Å². The van der Waals surface area contributed by atoms with Crippen molar-refractivity contribution in [2.45, 2.75) is 0 Å². The van der Waals surface area contributed by atoms with E-state index in [1.165, 1.54) is 7.11 Å². The minimum Gasteiger partial charge on any atom is -0.494 e. The van der Waals surface area contributed by atoms with Crippen LogP contribution in [0.25, 0.3) is 22.4 Å². The molecule has 0 radical (unpaired) electrons. The number of benzene rings is 2. The molecule has 1 aromatic heterocycles. The van der Waals surface area contributed by atoms with E-state index in [0.29, 0.717) is 43.8 Å². The van der Waals surface area contributed by atoms with Crippen molar-refractivity contribution in [3.8, 4) is 17.1 Å². The van der Waals surface area contributed by atoms with Crippen LogP contribution in [0.2, 0.25) is 10.0 Å². The topological polar surface area (TPSA) is 64.2 Å². The first-order valence-electron chi connectivity index (χ1n) is 6.65. The molecule has 0 aliphatic heterocycles. The number of hydrogen-bond acceptors (Lipinski definition) is 4. The Balaban J connectivity index is 2.26. The summed E-state index contributed by atoms with van der Waals surface area (Å²) in [6, 6.07) is 8.40. The van der Waals surface area contributed by atoms with Crippen molar-refractivity contribution in [2.75, 3.05) is 14.2 Å². The van der Waals surface area contributed by atoms with Crippen LogP contribution in [0.15, 0.2) is 30.3 Å². The van der Waals surface area contributed by atoms with Crippen LogP contribution in [0, 0.1) is 0 Å². The molecule has 0 bridgehead atoms. The summed E-state index contributed by atoms with van der Waals surface area (Å²) >= 11 is 12.1. The summed E-state index contributed by atoms with van der Waals surface area (Å²) in [7, 11) is 2.87. The highest BCUT2D eigenvalue weighted by Crippen LogP contribution is 2.33. The Morgan fingerprint density at radius 3 is 2.61 bits per heavy atom. The maximum absolute atomic E-state index is 11.9. The predicted octanol–water partition coefficient (Wildman–Crippen LogP) is 4.33. The number of methoxy groups -OCH3 is 2. The number of esters is 1. The third kappa shape index (κ3) is 2.73. The normalized spacial score (nSPS) is 10.8. The highest BCUT2D eigenvalue weighted by atomic mass is 35.5. The number of imidazole rings is 1. The van der Waals surface area contributed by atoms with Gasteiger partial charge in [-0.1, -0.05) is 23.2 Å². The van der Waals surface area contributed by atoms with Gasteiger partial charge in [-0.15, -0.1) is 0 Å². The molecule has 0 atom stereocenters. The van der Waals surface area contributed by atoms with Gasteiger partial charge < -0.3 is 14.5 Å². The minimum atomic E-state index is -0.474. The fourth-order valence-electron chi connectivity index (χ4n) is 2.32. The Labute approximate surface area is 142 Å². The van der Waals surface area contributed by atoms with E-state index < -0.39 is 5.97 Å². The monoisotopic (exact) mass is 350 g/mol. The number of halogens is 2. The van der Waals surface area contributed by atoms with Gasteiger partial charge in [0, 0.05) is 10.6 Å². The third-order valence-corrected chi connectivity index (χ3v) is 3.97. The summed E-state index contributed by atoms with van der Waals surface area (Å²) in [5.74, 6) is 0.603. The Bertz CT molecular complexity index is 906. The standard InChI is InChI=1S/C16H12Cl2N2O3/c1-22-12-6-5-10(16(21)23-2)13-14(12)20-15(19-13)9-4-3-8(17)7-11(9)18/h3-7H,1-2H3,(H,19,20). The number of hydrogen-bond donors (Lipinski definition) is 1. The molecule has 3 aromatic rings. The number of ether oxygens (including phenoxy) is 2. The molecule has 0 aliphatic rings. The molecule has 2 aromatic carbocycles. The van der Waals surface area contributed by atoms with Gasteiger partial charge in [0.05, 0.1) is 24.8 Å². The quantitative estimate of drug-likeness (QED) is 0.714. The van der Waals surface area contributed by atoms with Crippen LogP contribution in [-0.2, 0) is 4.74 Å². The summed E-state index contributed by atoms with van der Waals surface area (Å²) in [5.41, 5.74) is 2.06. The average Bonchev–Trinajstić information content (AvgIpc) is 2.97. The minimum absolute atomic E-state index is 0.343. The number of aromatic nitrogens is 2. The first-order valence-corrected chi connectivity index (χ1v) is 7.41. The Kier molecular flexibility index (Phi) is 4.15. The van der Waals surface area contributed by atoms with Crippen LogP contribution in [0.4, 0.5) is 0 Å². The molecule has 1 N–H and O–H groups in total. The molecular formula is C16H12Cl2N2O3. The Hall–Kier alpha value is -2.24. The molecule has 0 unspecified atom stereocenters. The summed E-state index contributed by atoms with van der Waals surface area (Å²) in [5, 5.41) is 0.984. The molecule has 0 amide bonds. The molecule has 7 heteroatoms. The van der Waals surface area contributed by atoms with Crippen molar-refractivity contribution < 1.29 is 14.3 Å². The van der Waals surface area contributed by atoms with Crippen LogP contribution >= 0.6 is 23.2 Å². The molecule has 0 saturated heterocycles. The van der Waals surface area contributed by atoms with Crippen molar-refractivity contribution in [3.05, 3.63) is 45.9 Å². The van der Waals surface area contributed by atoms with Gasteiger partial charge in [-0.25, -0.2) is 9.78 Å². The second kappa shape index (κ2) is 6.10. The fraction of sp³-hybridized carbons (Fsp3) is 0.125. The molecule has 1 heterocycles. The van der Waals surface area contributed by atoms with E-state index in [4.69, 9.17) is 32.7 Å². The number of rotatable bonds is 3. The third-order valence-electron chi connectivity index (χ3n) is 3.42. The Morgan fingerprint density at radius 1 is 1.17 bits per heavy atom. The molecule has 5 nitrogen and oxygen atoms in total. The first kappa shape index (κ1) is 15.6. The van der Waals surface area contributed by atoms with E-state index in [9.17, 15) is 4.79 Å². The number of fused-ring (bicyclic) bond motifs is 1. The van der Waals surface area contributed by atoms with Gasteiger partial charge in [0.25, 0.3) is 0 Å². The molecule has 0 spiro atoms. The van der Waals surface area contributed by atoms with Crippen LogP contribution in [0.3, 0.4) is 0 Å². The summed E-state index contributed by atoms with van der Waals surface area (Å²) in [4.78, 5) is 19.6. The molecular weight excluding hydrogens is 339 g/mol. The highest BCUT2D eigenvalue weighted by molar-refractivity contribution is 6.36. The number of nitrogens with zero attached hydrogens (tertiary/aromatic N) is 1. The van der Waals surface area contributed by atoms with Crippen LogP contribution in [0.1, 0.15) is 10.4 Å². The van der Waals surface area contributed by atoms with E-state index in [1.54, 1.807) is 37.4 Å². The van der Waals surface area contributed by atoms with Gasteiger partial charge in [-0.2, -0.15) is 0 Å². The van der Waals surface area contributed by atoms with Crippen molar-refractivity contribution in [1.29, 1.82) is 0 Å². The fourth-order valence-corrected chi connectivity index (χ4v) is 2.82. The zero-order valence-corrected chi connectivity index (χ0v) is 13.8. The number of carbonyl (C=O) groups is 1. The van der Waals surface area contributed by atoms with Gasteiger partial charge in [0.15, 0.2) is 0 Å². The van der Waals surface area contributed by atoms with E-state index in [1.807, 2.05) is 0 Å². The van der Waals surface area contributed by atoms with Crippen LogP contribution in [0.5, 0.6) is 5.75 Å². The molecule has 118 valence electrons. The summed E-state index contributed by atoms with van der Waals surface area (Å²) < 4.78 is 10.1. The second-order valence-electron chi connectivity index (χ2n) is 4.74. The number of H-pyrrole nitrogens is 1. The predicted molar refractivity (Wildman–Crippen MR) is 89.4 cm³/mol.